The van der Waals surface area contributed by atoms with Crippen molar-refractivity contribution in [1.82, 2.24) is 9.55 Å². The summed E-state index contributed by atoms with van der Waals surface area (Å²) in [5, 5.41) is 0. The van der Waals surface area contributed by atoms with Gasteiger partial charge in [0.1, 0.15) is 17.4 Å². The van der Waals surface area contributed by atoms with Crippen molar-refractivity contribution < 1.29 is 13.9 Å². The molecule has 1 heterocycles. The molecule has 0 aliphatic rings. The highest BCUT2D eigenvalue weighted by Crippen LogP contribution is 2.22. The highest BCUT2D eigenvalue weighted by atomic mass is 19.1. The number of carbonyl (C=O) groups is 1. The highest BCUT2D eigenvalue weighted by molar-refractivity contribution is 5.75. The second-order valence-electron chi connectivity index (χ2n) is 5.28. The van der Waals surface area contributed by atoms with Crippen molar-refractivity contribution in [3.63, 3.8) is 0 Å². The van der Waals surface area contributed by atoms with Gasteiger partial charge in [-0.05, 0) is 42.0 Å². The first kappa shape index (κ1) is 15.7. The lowest BCUT2D eigenvalue weighted by atomic mass is 10.2. The molecule has 0 fully saturated rings. The fourth-order valence-corrected chi connectivity index (χ4v) is 2.34. The molecule has 0 atom stereocenters. The van der Waals surface area contributed by atoms with Gasteiger partial charge in [-0.3, -0.25) is 4.79 Å². The lowest BCUT2D eigenvalue weighted by Crippen LogP contribution is -2.19. The maximum Gasteiger partial charge on any atom is 0.255 e. The third-order valence-electron chi connectivity index (χ3n) is 3.48. The number of rotatable bonds is 6. The van der Waals surface area contributed by atoms with E-state index in [-0.39, 0.29) is 12.4 Å². The Balaban J connectivity index is 1.77. The molecule has 24 heavy (non-hydrogen) atoms. The largest absolute Gasteiger partial charge is 0.484 e. The van der Waals surface area contributed by atoms with E-state index in [0.29, 0.717) is 12.3 Å². The lowest BCUT2D eigenvalue weighted by molar-refractivity contribution is -0.119. The van der Waals surface area contributed by atoms with Crippen LogP contribution in [0.4, 0.5) is 4.39 Å². The van der Waals surface area contributed by atoms with E-state index in [9.17, 15) is 9.18 Å². The molecule has 1 aromatic heterocycles. The predicted octanol–water partition coefficient (Wildman–Crippen LogP) is 2.60. The zero-order chi connectivity index (χ0) is 16.9. The lowest BCUT2D eigenvalue weighted by Gasteiger charge is -2.09. The topological polar surface area (TPSA) is 70.1 Å². The Bertz CT molecular complexity index is 826. The molecule has 6 heteroatoms. The van der Waals surface area contributed by atoms with Gasteiger partial charge in [0.25, 0.3) is 5.91 Å². The molecule has 0 saturated heterocycles. The first-order valence-corrected chi connectivity index (χ1v) is 7.39. The third kappa shape index (κ3) is 3.78. The van der Waals surface area contributed by atoms with E-state index in [0.717, 1.165) is 17.0 Å². The van der Waals surface area contributed by atoms with E-state index in [2.05, 4.69) is 4.98 Å². The molecule has 0 saturated carbocycles. The number of benzene rings is 2. The molecule has 1 amide bonds. The van der Waals surface area contributed by atoms with Crippen molar-refractivity contribution in [2.24, 2.45) is 5.73 Å². The first-order valence-electron chi connectivity index (χ1n) is 7.39. The maximum atomic E-state index is 13.0. The van der Waals surface area contributed by atoms with Gasteiger partial charge in [-0.15, -0.1) is 0 Å². The van der Waals surface area contributed by atoms with Gasteiger partial charge >= 0.3 is 0 Å². The molecule has 5 nitrogen and oxygen atoms in total. The fraction of sp³-hybridized carbons (Fsp3) is 0.111. The summed E-state index contributed by atoms with van der Waals surface area (Å²) in [6.07, 6.45) is 3.59. The molecule has 2 N–H and O–H groups in total. The minimum Gasteiger partial charge on any atom is -0.484 e. The summed E-state index contributed by atoms with van der Waals surface area (Å²) >= 11 is 0. The second kappa shape index (κ2) is 6.95. The number of carbonyl (C=O) groups excluding carboxylic acids is 1. The zero-order valence-electron chi connectivity index (χ0n) is 12.9. The average molecular weight is 325 g/mol. The molecule has 0 aliphatic heterocycles. The van der Waals surface area contributed by atoms with Crippen LogP contribution in [-0.4, -0.2) is 22.1 Å². The molecular weight excluding hydrogens is 309 g/mol. The van der Waals surface area contributed by atoms with Crippen molar-refractivity contribution >= 4 is 5.91 Å². The Morgan fingerprint density at radius 3 is 2.50 bits per heavy atom. The summed E-state index contributed by atoms with van der Waals surface area (Å²) in [6, 6.07) is 13.6. The van der Waals surface area contributed by atoms with E-state index in [4.69, 9.17) is 10.5 Å². The van der Waals surface area contributed by atoms with Gasteiger partial charge in [-0.25, -0.2) is 9.37 Å². The van der Waals surface area contributed by atoms with Gasteiger partial charge in [0.15, 0.2) is 6.61 Å². The number of hydrogen-bond donors (Lipinski definition) is 1. The van der Waals surface area contributed by atoms with E-state index in [1.807, 2.05) is 22.9 Å². The molecule has 0 bridgehead atoms. The molecule has 0 spiro atoms. The number of ether oxygens (including phenoxy) is 1. The van der Waals surface area contributed by atoms with Crippen LogP contribution in [0.5, 0.6) is 5.75 Å². The van der Waals surface area contributed by atoms with Crippen LogP contribution in [0.15, 0.2) is 60.9 Å². The monoisotopic (exact) mass is 325 g/mol. The molecule has 122 valence electrons. The minimum absolute atomic E-state index is 0.154. The molecular formula is C18H16FN3O2. The van der Waals surface area contributed by atoms with E-state index in [1.54, 1.807) is 30.5 Å². The van der Waals surface area contributed by atoms with Crippen molar-refractivity contribution in [3.05, 3.63) is 72.3 Å². The van der Waals surface area contributed by atoms with E-state index in [1.165, 1.54) is 12.1 Å². The normalized spacial score (nSPS) is 10.5. The maximum absolute atomic E-state index is 13.0. The quantitative estimate of drug-likeness (QED) is 0.757. The number of nitrogens with two attached hydrogens (primary N) is 1. The molecule has 2 aromatic carbocycles. The van der Waals surface area contributed by atoms with E-state index >= 15 is 0 Å². The Morgan fingerprint density at radius 2 is 1.83 bits per heavy atom. The smallest absolute Gasteiger partial charge is 0.255 e. The standard InChI is InChI=1S/C18H16FN3O2/c19-15-5-1-13(2-6-15)11-22-10-9-21-18(22)14-3-7-16(8-4-14)24-12-17(20)23/h1-10H,11-12H2,(H2,20,23). The number of aromatic nitrogens is 2. The van der Waals surface area contributed by atoms with Crippen LogP contribution >= 0.6 is 0 Å². The van der Waals surface area contributed by atoms with Crippen molar-refractivity contribution in [1.29, 1.82) is 0 Å². The summed E-state index contributed by atoms with van der Waals surface area (Å²) in [4.78, 5) is 15.1. The fourth-order valence-electron chi connectivity index (χ4n) is 2.34. The molecule has 3 rings (SSSR count). The zero-order valence-corrected chi connectivity index (χ0v) is 12.9. The van der Waals surface area contributed by atoms with Gasteiger partial charge in [-0.2, -0.15) is 0 Å². The number of primary amides is 1. The number of imidazole rings is 1. The Labute approximate surface area is 138 Å². The Hall–Kier alpha value is -3.15. The molecule has 0 unspecified atom stereocenters. The van der Waals surface area contributed by atoms with Gasteiger partial charge in [0, 0.05) is 24.5 Å². The highest BCUT2D eigenvalue weighted by Gasteiger charge is 2.07. The molecule has 0 radical (unpaired) electrons. The predicted molar refractivity (Wildman–Crippen MR) is 87.9 cm³/mol. The van der Waals surface area contributed by atoms with Crippen LogP contribution < -0.4 is 10.5 Å². The number of nitrogens with zero attached hydrogens (tertiary/aromatic N) is 2. The Morgan fingerprint density at radius 1 is 1.12 bits per heavy atom. The average Bonchev–Trinajstić information content (AvgIpc) is 3.03. The van der Waals surface area contributed by atoms with Crippen LogP contribution in [0.2, 0.25) is 0 Å². The molecule has 3 aromatic rings. The van der Waals surface area contributed by atoms with E-state index < -0.39 is 5.91 Å². The summed E-state index contributed by atoms with van der Waals surface area (Å²) in [6.45, 7) is 0.439. The van der Waals surface area contributed by atoms with Crippen LogP contribution in [0, 0.1) is 5.82 Å². The number of hydrogen-bond acceptors (Lipinski definition) is 3. The van der Waals surface area contributed by atoms with Gasteiger partial charge in [0.05, 0.1) is 0 Å². The summed E-state index contributed by atoms with van der Waals surface area (Å²) in [5.41, 5.74) is 6.94. The Kier molecular flexibility index (Phi) is 4.56. The van der Waals surface area contributed by atoms with Crippen molar-refractivity contribution in [3.8, 4) is 17.1 Å². The summed E-state index contributed by atoms with van der Waals surface area (Å²) in [5.74, 6) is 0.583. The summed E-state index contributed by atoms with van der Waals surface area (Å²) in [7, 11) is 0. The van der Waals surface area contributed by atoms with Gasteiger partial charge in [0.2, 0.25) is 0 Å². The SMILES string of the molecule is NC(=O)COc1ccc(-c2nccn2Cc2ccc(F)cc2)cc1. The molecule has 0 aliphatic carbocycles. The van der Waals surface area contributed by atoms with Crippen LogP contribution in [0.25, 0.3) is 11.4 Å². The number of halogens is 1. The van der Waals surface area contributed by atoms with Crippen LogP contribution in [0.1, 0.15) is 5.56 Å². The van der Waals surface area contributed by atoms with Crippen LogP contribution in [-0.2, 0) is 11.3 Å². The van der Waals surface area contributed by atoms with Crippen molar-refractivity contribution in [2.75, 3.05) is 6.61 Å². The first-order chi connectivity index (χ1) is 11.6. The minimum atomic E-state index is -0.520. The van der Waals surface area contributed by atoms with Crippen LogP contribution in [0.3, 0.4) is 0 Å². The summed E-state index contributed by atoms with van der Waals surface area (Å²) < 4.78 is 20.2. The third-order valence-corrected chi connectivity index (χ3v) is 3.48. The van der Waals surface area contributed by atoms with Gasteiger partial charge in [-0.1, -0.05) is 12.1 Å². The van der Waals surface area contributed by atoms with Gasteiger partial charge < -0.3 is 15.0 Å². The second-order valence-corrected chi connectivity index (χ2v) is 5.28. The van der Waals surface area contributed by atoms with Crippen molar-refractivity contribution in [2.45, 2.75) is 6.54 Å². The number of amides is 1.